The molecular formula is C16H21NO2. The highest BCUT2D eigenvalue weighted by molar-refractivity contribution is 6.03. The number of ether oxygens (including phenoxy) is 1. The molecule has 2 aliphatic rings. The lowest BCUT2D eigenvalue weighted by molar-refractivity contribution is 0.0887. The van der Waals surface area contributed by atoms with E-state index in [2.05, 4.69) is 12.2 Å². The van der Waals surface area contributed by atoms with Gasteiger partial charge in [0.15, 0.2) is 5.78 Å². The Bertz CT molecular complexity index is 498. The van der Waals surface area contributed by atoms with Gasteiger partial charge in [0.1, 0.15) is 5.75 Å². The van der Waals surface area contributed by atoms with Gasteiger partial charge >= 0.3 is 0 Å². The second-order valence-electron chi connectivity index (χ2n) is 5.89. The molecule has 1 heterocycles. The summed E-state index contributed by atoms with van der Waals surface area (Å²) < 4.78 is 5.22. The van der Waals surface area contributed by atoms with Crippen LogP contribution in [0.1, 0.15) is 35.7 Å². The van der Waals surface area contributed by atoms with Crippen LogP contribution in [0.3, 0.4) is 0 Å². The number of hydrogen-bond acceptors (Lipinski definition) is 3. The van der Waals surface area contributed by atoms with Crippen LogP contribution in [0.2, 0.25) is 0 Å². The molecule has 1 aromatic rings. The van der Waals surface area contributed by atoms with Gasteiger partial charge in [-0.05, 0) is 49.4 Å². The Labute approximate surface area is 114 Å². The zero-order valence-corrected chi connectivity index (χ0v) is 11.6. The number of methoxy groups -OCH3 is 1. The minimum atomic E-state index is 0.116. The van der Waals surface area contributed by atoms with Gasteiger partial charge in [-0.25, -0.2) is 0 Å². The first-order chi connectivity index (χ1) is 9.19. The van der Waals surface area contributed by atoms with E-state index >= 15 is 0 Å². The first kappa shape index (κ1) is 12.7. The molecule has 1 aliphatic carbocycles. The maximum atomic E-state index is 12.6. The third-order valence-electron chi connectivity index (χ3n) is 4.54. The van der Waals surface area contributed by atoms with Crippen LogP contribution in [0.25, 0.3) is 0 Å². The highest BCUT2D eigenvalue weighted by Crippen LogP contribution is 2.34. The van der Waals surface area contributed by atoms with Crippen LogP contribution >= 0.6 is 0 Å². The minimum Gasteiger partial charge on any atom is -0.497 e. The summed E-state index contributed by atoms with van der Waals surface area (Å²) in [5.41, 5.74) is 2.04. The largest absolute Gasteiger partial charge is 0.497 e. The molecule has 0 amide bonds. The van der Waals surface area contributed by atoms with E-state index in [1.807, 2.05) is 18.2 Å². The molecule has 0 bridgehead atoms. The van der Waals surface area contributed by atoms with Gasteiger partial charge in [0, 0.05) is 17.5 Å². The van der Waals surface area contributed by atoms with Crippen LogP contribution in [0, 0.1) is 11.8 Å². The van der Waals surface area contributed by atoms with E-state index in [9.17, 15) is 4.79 Å². The average molecular weight is 259 g/mol. The number of nitrogens with one attached hydrogen (secondary N) is 1. The number of Topliss-reactive ketones (excluding diaryl/α,β-unsaturated/α-hetero) is 1. The van der Waals surface area contributed by atoms with Crippen molar-refractivity contribution in [1.29, 1.82) is 0 Å². The average Bonchev–Trinajstić information content (AvgIpc) is 2.76. The zero-order valence-electron chi connectivity index (χ0n) is 11.6. The van der Waals surface area contributed by atoms with E-state index in [1.54, 1.807) is 7.11 Å². The second kappa shape index (κ2) is 4.97. The Morgan fingerprint density at radius 3 is 2.95 bits per heavy atom. The molecule has 3 heteroatoms. The fraction of sp³-hybridized carbons (Fsp3) is 0.562. The Balaban J connectivity index is 1.82. The number of carbonyl (C=O) groups is 1. The molecule has 1 saturated heterocycles. The SMILES string of the molecule is COc1ccc2c(c1)C(=O)C(C1CC(C)CCN1)C2. The predicted molar refractivity (Wildman–Crippen MR) is 74.7 cm³/mol. The highest BCUT2D eigenvalue weighted by Gasteiger charge is 2.37. The number of rotatable bonds is 2. The van der Waals surface area contributed by atoms with E-state index in [0.717, 1.165) is 36.6 Å². The van der Waals surface area contributed by atoms with Crippen molar-refractivity contribution in [2.45, 2.75) is 32.2 Å². The van der Waals surface area contributed by atoms with Crippen molar-refractivity contribution in [3.8, 4) is 5.75 Å². The molecule has 1 aliphatic heterocycles. The molecule has 3 unspecified atom stereocenters. The maximum absolute atomic E-state index is 12.6. The molecule has 1 fully saturated rings. The van der Waals surface area contributed by atoms with Crippen LogP contribution in [0.15, 0.2) is 18.2 Å². The number of benzene rings is 1. The van der Waals surface area contributed by atoms with Crippen molar-refractivity contribution in [1.82, 2.24) is 5.32 Å². The molecule has 102 valence electrons. The van der Waals surface area contributed by atoms with Gasteiger partial charge < -0.3 is 10.1 Å². The van der Waals surface area contributed by atoms with Gasteiger partial charge in [0.25, 0.3) is 0 Å². The van der Waals surface area contributed by atoms with Gasteiger partial charge in [-0.15, -0.1) is 0 Å². The fourth-order valence-electron chi connectivity index (χ4n) is 3.40. The summed E-state index contributed by atoms with van der Waals surface area (Å²) in [6.45, 7) is 3.32. The summed E-state index contributed by atoms with van der Waals surface area (Å²) >= 11 is 0. The molecule has 1 N–H and O–H groups in total. The van der Waals surface area contributed by atoms with Crippen LogP contribution in [0.4, 0.5) is 0 Å². The summed E-state index contributed by atoms with van der Waals surface area (Å²) in [7, 11) is 1.64. The molecule has 0 radical (unpaired) electrons. The van der Waals surface area contributed by atoms with E-state index in [1.165, 1.54) is 12.0 Å². The first-order valence-corrected chi connectivity index (χ1v) is 7.13. The summed E-state index contributed by atoms with van der Waals surface area (Å²) in [4.78, 5) is 12.6. The van der Waals surface area contributed by atoms with Gasteiger partial charge in [-0.2, -0.15) is 0 Å². The van der Waals surface area contributed by atoms with Crippen molar-refractivity contribution in [2.75, 3.05) is 13.7 Å². The molecule has 19 heavy (non-hydrogen) atoms. The lowest BCUT2D eigenvalue weighted by atomic mass is 9.84. The smallest absolute Gasteiger partial charge is 0.168 e. The molecule has 3 nitrogen and oxygen atoms in total. The standard InChI is InChI=1S/C16H21NO2/c1-10-5-6-17-15(7-10)14-8-11-3-4-12(19-2)9-13(11)16(14)18/h3-4,9-10,14-15,17H,5-8H2,1-2H3. The van der Waals surface area contributed by atoms with Gasteiger partial charge in [0.05, 0.1) is 7.11 Å². The zero-order chi connectivity index (χ0) is 13.4. The summed E-state index contributed by atoms with van der Waals surface area (Å²) in [6, 6.07) is 6.22. The molecule has 3 atom stereocenters. The van der Waals surface area contributed by atoms with E-state index < -0.39 is 0 Å². The van der Waals surface area contributed by atoms with E-state index in [4.69, 9.17) is 4.74 Å². The third-order valence-corrected chi connectivity index (χ3v) is 4.54. The van der Waals surface area contributed by atoms with Gasteiger partial charge in [-0.1, -0.05) is 13.0 Å². The monoisotopic (exact) mass is 259 g/mol. The Morgan fingerprint density at radius 1 is 1.37 bits per heavy atom. The number of piperidine rings is 1. The fourth-order valence-corrected chi connectivity index (χ4v) is 3.40. The molecule has 1 aromatic carbocycles. The number of ketones is 1. The second-order valence-corrected chi connectivity index (χ2v) is 5.89. The van der Waals surface area contributed by atoms with Crippen LogP contribution in [-0.4, -0.2) is 25.5 Å². The quantitative estimate of drug-likeness (QED) is 0.886. The molecule has 3 rings (SSSR count). The topological polar surface area (TPSA) is 38.3 Å². The Hall–Kier alpha value is -1.35. The maximum Gasteiger partial charge on any atom is 0.168 e. The Kier molecular flexibility index (Phi) is 3.31. The van der Waals surface area contributed by atoms with Crippen molar-refractivity contribution in [2.24, 2.45) is 11.8 Å². The predicted octanol–water partition coefficient (Wildman–Crippen LogP) is 2.44. The van der Waals surface area contributed by atoms with Crippen molar-refractivity contribution < 1.29 is 9.53 Å². The molecule has 0 spiro atoms. The summed E-state index contributed by atoms with van der Waals surface area (Å²) in [5.74, 6) is 1.90. The van der Waals surface area contributed by atoms with E-state index in [0.29, 0.717) is 11.8 Å². The number of fused-ring (bicyclic) bond motifs is 1. The normalized spacial score (nSPS) is 30.2. The van der Waals surface area contributed by atoms with Crippen LogP contribution < -0.4 is 10.1 Å². The first-order valence-electron chi connectivity index (χ1n) is 7.13. The van der Waals surface area contributed by atoms with Crippen LogP contribution in [-0.2, 0) is 6.42 Å². The van der Waals surface area contributed by atoms with Gasteiger partial charge in [-0.3, -0.25) is 4.79 Å². The highest BCUT2D eigenvalue weighted by atomic mass is 16.5. The third kappa shape index (κ3) is 2.27. The molecule has 0 saturated carbocycles. The van der Waals surface area contributed by atoms with Crippen molar-refractivity contribution in [3.05, 3.63) is 29.3 Å². The Morgan fingerprint density at radius 2 is 2.21 bits per heavy atom. The van der Waals surface area contributed by atoms with Crippen molar-refractivity contribution >= 4 is 5.78 Å². The van der Waals surface area contributed by atoms with Crippen molar-refractivity contribution in [3.63, 3.8) is 0 Å². The number of hydrogen-bond donors (Lipinski definition) is 1. The van der Waals surface area contributed by atoms with Gasteiger partial charge in [0.2, 0.25) is 0 Å². The number of carbonyl (C=O) groups excluding carboxylic acids is 1. The minimum absolute atomic E-state index is 0.116. The van der Waals surface area contributed by atoms with Crippen LogP contribution in [0.5, 0.6) is 5.75 Å². The summed E-state index contributed by atoms with van der Waals surface area (Å²) in [5, 5.41) is 3.53. The lowest BCUT2D eigenvalue weighted by Crippen LogP contribution is -2.44. The molecule has 0 aromatic heterocycles. The summed E-state index contributed by atoms with van der Waals surface area (Å²) in [6.07, 6.45) is 3.21. The molecular weight excluding hydrogens is 238 g/mol. The lowest BCUT2D eigenvalue weighted by Gasteiger charge is -2.31. The van der Waals surface area contributed by atoms with E-state index in [-0.39, 0.29) is 5.92 Å².